The summed E-state index contributed by atoms with van der Waals surface area (Å²) >= 11 is 3.51. The van der Waals surface area contributed by atoms with Crippen molar-refractivity contribution in [3.63, 3.8) is 0 Å². The molecular formula is C15H15BrO. The fourth-order valence-electron chi connectivity index (χ4n) is 1.79. The molecule has 2 rings (SSSR count). The van der Waals surface area contributed by atoms with Crippen LogP contribution in [-0.2, 0) is 6.42 Å². The van der Waals surface area contributed by atoms with Gasteiger partial charge < -0.3 is 4.74 Å². The van der Waals surface area contributed by atoms with E-state index in [1.165, 1.54) is 16.7 Å². The molecule has 0 atom stereocenters. The Balaban J connectivity index is 2.22. The third kappa shape index (κ3) is 3.10. The summed E-state index contributed by atoms with van der Waals surface area (Å²) < 4.78 is 6.29. The van der Waals surface area contributed by atoms with Crippen LogP contribution in [0.15, 0.2) is 46.9 Å². The van der Waals surface area contributed by atoms with Gasteiger partial charge in [-0.1, -0.05) is 34.1 Å². The molecule has 0 amide bonds. The number of methoxy groups -OCH3 is 1. The van der Waals surface area contributed by atoms with E-state index in [-0.39, 0.29) is 0 Å². The quantitative estimate of drug-likeness (QED) is 0.816. The van der Waals surface area contributed by atoms with Gasteiger partial charge in [0.05, 0.1) is 7.11 Å². The molecule has 0 fully saturated rings. The van der Waals surface area contributed by atoms with Crippen LogP contribution in [-0.4, -0.2) is 7.11 Å². The van der Waals surface area contributed by atoms with E-state index >= 15 is 0 Å². The van der Waals surface area contributed by atoms with Gasteiger partial charge >= 0.3 is 0 Å². The van der Waals surface area contributed by atoms with Gasteiger partial charge in [-0.25, -0.2) is 0 Å². The van der Waals surface area contributed by atoms with Gasteiger partial charge in [-0.2, -0.15) is 0 Å². The highest BCUT2D eigenvalue weighted by atomic mass is 79.9. The molecule has 0 unspecified atom stereocenters. The first-order valence-corrected chi connectivity index (χ1v) is 6.36. The van der Waals surface area contributed by atoms with E-state index in [0.29, 0.717) is 0 Å². The Morgan fingerprint density at radius 2 is 1.76 bits per heavy atom. The smallest absolute Gasteiger partial charge is 0.118 e. The molecule has 17 heavy (non-hydrogen) atoms. The molecule has 2 aromatic rings. The Hall–Kier alpha value is -1.28. The fourth-order valence-corrected chi connectivity index (χ4v) is 2.20. The van der Waals surface area contributed by atoms with E-state index < -0.39 is 0 Å². The largest absolute Gasteiger partial charge is 0.497 e. The third-order valence-corrected chi connectivity index (χ3v) is 3.36. The first-order chi connectivity index (χ1) is 8.19. The predicted molar refractivity (Wildman–Crippen MR) is 74.7 cm³/mol. The number of benzene rings is 2. The van der Waals surface area contributed by atoms with Crippen LogP contribution in [0.4, 0.5) is 0 Å². The van der Waals surface area contributed by atoms with Crippen molar-refractivity contribution in [3.05, 3.63) is 63.6 Å². The molecule has 0 aliphatic rings. The van der Waals surface area contributed by atoms with Crippen molar-refractivity contribution in [2.24, 2.45) is 0 Å². The van der Waals surface area contributed by atoms with Crippen LogP contribution in [0.25, 0.3) is 0 Å². The van der Waals surface area contributed by atoms with Crippen molar-refractivity contribution in [1.29, 1.82) is 0 Å². The average Bonchev–Trinajstić information content (AvgIpc) is 2.35. The highest BCUT2D eigenvalue weighted by Gasteiger charge is 2.01. The first kappa shape index (κ1) is 12.2. The van der Waals surface area contributed by atoms with E-state index in [1.54, 1.807) is 7.11 Å². The summed E-state index contributed by atoms with van der Waals surface area (Å²) in [5.74, 6) is 0.903. The Bertz CT molecular complexity index is 503. The minimum atomic E-state index is 0.903. The minimum absolute atomic E-state index is 0.903. The average molecular weight is 291 g/mol. The molecule has 1 nitrogen and oxygen atoms in total. The molecular weight excluding hydrogens is 276 g/mol. The van der Waals surface area contributed by atoms with Gasteiger partial charge in [0.15, 0.2) is 0 Å². The standard InChI is InChI=1S/C15H15BrO/c1-11-3-6-14(16)10-13(11)9-12-4-7-15(17-2)8-5-12/h3-8,10H,9H2,1-2H3. The Kier molecular flexibility index (Phi) is 3.85. The van der Waals surface area contributed by atoms with Crippen molar-refractivity contribution in [2.75, 3.05) is 7.11 Å². The molecule has 0 aliphatic carbocycles. The summed E-state index contributed by atoms with van der Waals surface area (Å²) in [5, 5.41) is 0. The Morgan fingerprint density at radius 1 is 1.06 bits per heavy atom. The lowest BCUT2D eigenvalue weighted by Crippen LogP contribution is -1.92. The van der Waals surface area contributed by atoms with Gasteiger partial charge in [-0.05, 0) is 54.3 Å². The van der Waals surface area contributed by atoms with Gasteiger partial charge in [0.1, 0.15) is 5.75 Å². The SMILES string of the molecule is COc1ccc(Cc2cc(Br)ccc2C)cc1. The summed E-state index contributed by atoms with van der Waals surface area (Å²) in [6.45, 7) is 2.14. The van der Waals surface area contributed by atoms with E-state index in [0.717, 1.165) is 16.6 Å². The molecule has 0 heterocycles. The first-order valence-electron chi connectivity index (χ1n) is 5.57. The van der Waals surface area contributed by atoms with Crippen molar-refractivity contribution < 1.29 is 4.74 Å². The molecule has 0 aromatic heterocycles. The second kappa shape index (κ2) is 5.37. The summed E-state index contributed by atoms with van der Waals surface area (Å²) in [6, 6.07) is 14.6. The highest BCUT2D eigenvalue weighted by Crippen LogP contribution is 2.20. The second-order valence-corrected chi connectivity index (χ2v) is 5.01. The molecule has 2 heteroatoms. The molecule has 0 spiro atoms. The molecule has 0 radical (unpaired) electrons. The van der Waals surface area contributed by atoms with Gasteiger partial charge in [0.2, 0.25) is 0 Å². The Labute approximate surface area is 111 Å². The monoisotopic (exact) mass is 290 g/mol. The normalized spacial score (nSPS) is 10.3. The summed E-state index contributed by atoms with van der Waals surface area (Å²) in [6.07, 6.45) is 0.954. The number of hydrogen-bond acceptors (Lipinski definition) is 1. The van der Waals surface area contributed by atoms with Crippen molar-refractivity contribution in [3.8, 4) is 5.75 Å². The van der Waals surface area contributed by atoms with Crippen molar-refractivity contribution >= 4 is 15.9 Å². The number of halogens is 1. The number of ether oxygens (including phenoxy) is 1. The topological polar surface area (TPSA) is 9.23 Å². The second-order valence-electron chi connectivity index (χ2n) is 4.10. The lowest BCUT2D eigenvalue weighted by molar-refractivity contribution is 0.414. The van der Waals surface area contributed by atoms with Crippen LogP contribution in [0.2, 0.25) is 0 Å². The van der Waals surface area contributed by atoms with Crippen LogP contribution < -0.4 is 4.74 Å². The summed E-state index contributed by atoms with van der Waals surface area (Å²) in [4.78, 5) is 0. The zero-order chi connectivity index (χ0) is 12.3. The number of rotatable bonds is 3. The maximum atomic E-state index is 5.15. The zero-order valence-electron chi connectivity index (χ0n) is 10.0. The van der Waals surface area contributed by atoms with E-state index in [1.807, 2.05) is 12.1 Å². The molecule has 88 valence electrons. The van der Waals surface area contributed by atoms with Gasteiger partial charge in [0.25, 0.3) is 0 Å². The molecule has 2 aromatic carbocycles. The summed E-state index contributed by atoms with van der Waals surface area (Å²) in [5.41, 5.74) is 3.97. The van der Waals surface area contributed by atoms with Crippen LogP contribution in [0.3, 0.4) is 0 Å². The number of hydrogen-bond donors (Lipinski definition) is 0. The highest BCUT2D eigenvalue weighted by molar-refractivity contribution is 9.10. The molecule has 0 bridgehead atoms. The summed E-state index contributed by atoms with van der Waals surface area (Å²) in [7, 11) is 1.69. The van der Waals surface area contributed by atoms with E-state index in [4.69, 9.17) is 4.74 Å². The fraction of sp³-hybridized carbons (Fsp3) is 0.200. The van der Waals surface area contributed by atoms with Gasteiger partial charge in [-0.15, -0.1) is 0 Å². The maximum absolute atomic E-state index is 5.15. The lowest BCUT2D eigenvalue weighted by Gasteiger charge is -2.07. The van der Waals surface area contributed by atoms with Crippen LogP contribution in [0.5, 0.6) is 5.75 Å². The van der Waals surface area contributed by atoms with E-state index in [2.05, 4.69) is 53.2 Å². The van der Waals surface area contributed by atoms with Gasteiger partial charge in [-0.3, -0.25) is 0 Å². The zero-order valence-corrected chi connectivity index (χ0v) is 11.6. The van der Waals surface area contributed by atoms with E-state index in [9.17, 15) is 0 Å². The van der Waals surface area contributed by atoms with Crippen LogP contribution >= 0.6 is 15.9 Å². The lowest BCUT2D eigenvalue weighted by atomic mass is 10.0. The Morgan fingerprint density at radius 3 is 2.41 bits per heavy atom. The van der Waals surface area contributed by atoms with Crippen LogP contribution in [0.1, 0.15) is 16.7 Å². The molecule has 0 saturated carbocycles. The van der Waals surface area contributed by atoms with Crippen molar-refractivity contribution in [1.82, 2.24) is 0 Å². The number of aryl methyl sites for hydroxylation is 1. The molecule has 0 N–H and O–H groups in total. The maximum Gasteiger partial charge on any atom is 0.118 e. The third-order valence-electron chi connectivity index (χ3n) is 2.86. The van der Waals surface area contributed by atoms with Crippen LogP contribution in [0, 0.1) is 6.92 Å². The predicted octanol–water partition coefficient (Wildman–Crippen LogP) is 4.36. The van der Waals surface area contributed by atoms with Crippen molar-refractivity contribution in [2.45, 2.75) is 13.3 Å². The molecule has 0 saturated heterocycles. The minimum Gasteiger partial charge on any atom is -0.497 e. The molecule has 0 aliphatic heterocycles. The van der Waals surface area contributed by atoms with Gasteiger partial charge in [0, 0.05) is 4.47 Å².